The van der Waals surface area contributed by atoms with E-state index in [0.29, 0.717) is 5.92 Å². The van der Waals surface area contributed by atoms with E-state index in [-0.39, 0.29) is 12.1 Å². The molecule has 3 heteroatoms. The largest absolute Gasteiger partial charge is 0.494 e. The van der Waals surface area contributed by atoms with Gasteiger partial charge in [-0.05, 0) is 62.6 Å². The first-order chi connectivity index (χ1) is 12.2. The fourth-order valence-corrected chi connectivity index (χ4v) is 3.41. The second kappa shape index (κ2) is 11.0. The Hall–Kier alpha value is -1.77. The zero-order valence-corrected chi connectivity index (χ0v) is 15.7. The van der Waals surface area contributed by atoms with Gasteiger partial charge >= 0.3 is 5.97 Å². The topological polar surface area (TPSA) is 35.5 Å². The molecule has 0 aromatic heterocycles. The molecule has 1 aromatic carbocycles. The number of rotatable bonds is 9. The molecule has 0 heterocycles. The summed E-state index contributed by atoms with van der Waals surface area (Å²) >= 11 is 0. The minimum absolute atomic E-state index is 0.0747. The van der Waals surface area contributed by atoms with Crippen molar-refractivity contribution in [2.45, 2.75) is 77.2 Å². The summed E-state index contributed by atoms with van der Waals surface area (Å²) < 4.78 is 11.3. The third-order valence-electron chi connectivity index (χ3n) is 4.88. The Bertz CT molecular complexity index is 525. The molecule has 3 nitrogen and oxygen atoms in total. The molecule has 1 aromatic rings. The summed E-state index contributed by atoms with van der Waals surface area (Å²) in [4.78, 5) is 11.5. The molecule has 1 aliphatic rings. The highest BCUT2D eigenvalue weighted by molar-refractivity contribution is 5.81. The van der Waals surface area contributed by atoms with Crippen LogP contribution in [0.15, 0.2) is 36.4 Å². The van der Waals surface area contributed by atoms with Crippen LogP contribution in [-0.2, 0) is 9.53 Å². The number of carbonyl (C=O) groups excluding carboxylic acids is 1. The van der Waals surface area contributed by atoms with E-state index >= 15 is 0 Å². The Morgan fingerprint density at radius 1 is 1.08 bits per heavy atom. The number of unbranched alkanes of at least 4 members (excludes halogenated alkanes) is 3. The standard InChI is InChI=1S/C22H32O3/c1-3-5-6-7-17-24-20-13-9-18(10-14-20)19-11-15-21(16-12-19)25-22(23)8-4-2/h4,8-10,13-14,19,21H,3,5-7,11-12,15-17H2,1-2H3/b8-4+. The van der Waals surface area contributed by atoms with Gasteiger partial charge in [-0.15, -0.1) is 0 Å². The monoisotopic (exact) mass is 344 g/mol. The molecule has 1 fully saturated rings. The van der Waals surface area contributed by atoms with Crippen molar-refractivity contribution in [2.24, 2.45) is 0 Å². The molecule has 0 unspecified atom stereocenters. The van der Waals surface area contributed by atoms with Crippen molar-refractivity contribution in [3.05, 3.63) is 42.0 Å². The van der Waals surface area contributed by atoms with Crippen LogP contribution in [-0.4, -0.2) is 18.7 Å². The van der Waals surface area contributed by atoms with E-state index in [2.05, 4.69) is 31.2 Å². The molecule has 1 saturated carbocycles. The molecule has 0 spiro atoms. The van der Waals surface area contributed by atoms with Crippen molar-refractivity contribution in [1.29, 1.82) is 0 Å². The van der Waals surface area contributed by atoms with Crippen LogP contribution in [0.25, 0.3) is 0 Å². The smallest absolute Gasteiger partial charge is 0.330 e. The Morgan fingerprint density at radius 2 is 1.80 bits per heavy atom. The molecule has 0 radical (unpaired) electrons. The van der Waals surface area contributed by atoms with E-state index in [1.165, 1.54) is 30.9 Å². The van der Waals surface area contributed by atoms with Gasteiger partial charge in [0.15, 0.2) is 0 Å². The molecule has 0 amide bonds. The van der Waals surface area contributed by atoms with Crippen LogP contribution in [0.4, 0.5) is 0 Å². The van der Waals surface area contributed by atoms with Crippen LogP contribution in [0.3, 0.4) is 0 Å². The summed E-state index contributed by atoms with van der Waals surface area (Å²) in [5.74, 6) is 1.32. The van der Waals surface area contributed by atoms with E-state index in [1.807, 2.05) is 6.92 Å². The molecule has 0 N–H and O–H groups in total. The van der Waals surface area contributed by atoms with E-state index in [1.54, 1.807) is 6.08 Å². The summed E-state index contributed by atoms with van der Waals surface area (Å²) in [7, 11) is 0. The fourth-order valence-electron chi connectivity index (χ4n) is 3.41. The van der Waals surface area contributed by atoms with Gasteiger partial charge in [0.1, 0.15) is 11.9 Å². The number of ether oxygens (including phenoxy) is 2. The minimum Gasteiger partial charge on any atom is -0.494 e. The lowest BCUT2D eigenvalue weighted by molar-refractivity contribution is -0.144. The maximum atomic E-state index is 11.5. The number of allylic oxidation sites excluding steroid dienone is 1. The fraction of sp³-hybridized carbons (Fsp3) is 0.591. The van der Waals surface area contributed by atoms with Gasteiger partial charge in [0.05, 0.1) is 6.61 Å². The maximum absolute atomic E-state index is 11.5. The van der Waals surface area contributed by atoms with E-state index in [0.717, 1.165) is 44.5 Å². The maximum Gasteiger partial charge on any atom is 0.330 e. The normalized spacial score (nSPS) is 20.6. The lowest BCUT2D eigenvalue weighted by atomic mass is 9.83. The predicted octanol–water partition coefficient (Wildman–Crippen LogP) is 5.79. The predicted molar refractivity (Wildman–Crippen MR) is 102 cm³/mol. The van der Waals surface area contributed by atoms with Crippen LogP contribution in [0, 0.1) is 0 Å². The van der Waals surface area contributed by atoms with Crippen molar-refractivity contribution in [3.63, 3.8) is 0 Å². The van der Waals surface area contributed by atoms with Gasteiger partial charge in [0.25, 0.3) is 0 Å². The van der Waals surface area contributed by atoms with Gasteiger partial charge in [0, 0.05) is 6.08 Å². The summed E-state index contributed by atoms with van der Waals surface area (Å²) in [6, 6.07) is 8.57. The quantitative estimate of drug-likeness (QED) is 0.323. The first-order valence-corrected chi connectivity index (χ1v) is 9.79. The molecule has 1 aliphatic carbocycles. The highest BCUT2D eigenvalue weighted by Gasteiger charge is 2.24. The molecule has 25 heavy (non-hydrogen) atoms. The zero-order valence-electron chi connectivity index (χ0n) is 15.7. The van der Waals surface area contributed by atoms with Gasteiger partial charge in [-0.1, -0.05) is 44.4 Å². The number of benzene rings is 1. The van der Waals surface area contributed by atoms with Crippen molar-refractivity contribution < 1.29 is 14.3 Å². The summed E-state index contributed by atoms with van der Waals surface area (Å²) in [5.41, 5.74) is 1.37. The first kappa shape index (κ1) is 19.6. The Kier molecular flexibility index (Phi) is 8.58. The molecule has 2 rings (SSSR count). The summed E-state index contributed by atoms with van der Waals surface area (Å²) in [6.45, 7) is 4.86. The van der Waals surface area contributed by atoms with Gasteiger partial charge in [-0.3, -0.25) is 0 Å². The van der Waals surface area contributed by atoms with Crippen molar-refractivity contribution in [1.82, 2.24) is 0 Å². The van der Waals surface area contributed by atoms with Gasteiger partial charge in [0.2, 0.25) is 0 Å². The molecular weight excluding hydrogens is 312 g/mol. The van der Waals surface area contributed by atoms with Crippen molar-refractivity contribution in [2.75, 3.05) is 6.61 Å². The van der Waals surface area contributed by atoms with E-state index in [4.69, 9.17) is 9.47 Å². The van der Waals surface area contributed by atoms with Crippen LogP contribution in [0.2, 0.25) is 0 Å². The molecule has 0 saturated heterocycles. The highest BCUT2D eigenvalue weighted by Crippen LogP contribution is 2.34. The van der Waals surface area contributed by atoms with Gasteiger partial charge in [-0.2, -0.15) is 0 Å². The van der Waals surface area contributed by atoms with Crippen LogP contribution < -0.4 is 4.74 Å². The zero-order chi connectivity index (χ0) is 17.9. The molecule has 0 atom stereocenters. The van der Waals surface area contributed by atoms with Crippen LogP contribution in [0.1, 0.15) is 76.7 Å². The number of carbonyl (C=O) groups is 1. The number of hydrogen-bond donors (Lipinski definition) is 0. The third kappa shape index (κ3) is 6.93. The third-order valence-corrected chi connectivity index (χ3v) is 4.88. The number of hydrogen-bond acceptors (Lipinski definition) is 3. The van der Waals surface area contributed by atoms with Crippen LogP contribution >= 0.6 is 0 Å². The Balaban J connectivity index is 1.73. The lowest BCUT2D eigenvalue weighted by Gasteiger charge is -2.28. The van der Waals surface area contributed by atoms with Gasteiger partial charge in [-0.25, -0.2) is 4.79 Å². The van der Waals surface area contributed by atoms with Crippen LogP contribution in [0.5, 0.6) is 5.75 Å². The Morgan fingerprint density at radius 3 is 2.44 bits per heavy atom. The second-order valence-corrected chi connectivity index (χ2v) is 6.89. The van der Waals surface area contributed by atoms with Crippen molar-refractivity contribution >= 4 is 5.97 Å². The Labute approximate surface area is 152 Å². The summed E-state index contributed by atoms with van der Waals surface area (Å²) in [6.07, 6.45) is 12.3. The molecular formula is C22H32O3. The average Bonchev–Trinajstić information content (AvgIpc) is 2.63. The first-order valence-electron chi connectivity index (χ1n) is 9.79. The van der Waals surface area contributed by atoms with E-state index < -0.39 is 0 Å². The minimum atomic E-state index is -0.216. The lowest BCUT2D eigenvalue weighted by Crippen LogP contribution is -2.23. The van der Waals surface area contributed by atoms with Crippen molar-refractivity contribution in [3.8, 4) is 5.75 Å². The molecule has 0 aliphatic heterocycles. The summed E-state index contributed by atoms with van der Waals surface area (Å²) in [5, 5.41) is 0. The second-order valence-electron chi connectivity index (χ2n) is 6.89. The van der Waals surface area contributed by atoms with E-state index in [9.17, 15) is 4.79 Å². The average molecular weight is 344 g/mol. The SMILES string of the molecule is C/C=C/C(=O)OC1CCC(c2ccc(OCCCCCC)cc2)CC1. The molecule has 0 bridgehead atoms. The van der Waals surface area contributed by atoms with Gasteiger partial charge < -0.3 is 9.47 Å². The highest BCUT2D eigenvalue weighted by atomic mass is 16.5. The molecule has 138 valence electrons. The number of esters is 1.